The molecule has 88 valence electrons. The van der Waals surface area contributed by atoms with Gasteiger partial charge < -0.3 is 10.4 Å². The third-order valence-electron chi connectivity index (χ3n) is 3.21. The number of nitrogens with one attached hydrogen (secondary N) is 1. The molecule has 1 aliphatic carbocycles. The van der Waals surface area contributed by atoms with Gasteiger partial charge in [-0.05, 0) is 32.6 Å². The molecule has 2 N–H and O–H groups in total. The molecule has 1 saturated carbocycles. The summed E-state index contributed by atoms with van der Waals surface area (Å²) in [5.41, 5.74) is 0.980. The van der Waals surface area contributed by atoms with Gasteiger partial charge in [0.25, 0.3) is 0 Å². The van der Waals surface area contributed by atoms with Crippen molar-refractivity contribution in [1.82, 2.24) is 15.3 Å². The monoisotopic (exact) mass is 221 g/mol. The van der Waals surface area contributed by atoms with Crippen molar-refractivity contribution in [3.8, 4) is 0 Å². The molecule has 4 nitrogen and oxygen atoms in total. The highest BCUT2D eigenvalue weighted by molar-refractivity contribution is 5.01. The molecule has 0 spiro atoms. The Morgan fingerprint density at radius 1 is 1.31 bits per heavy atom. The van der Waals surface area contributed by atoms with Gasteiger partial charge in [-0.1, -0.05) is 0 Å². The number of aliphatic hydroxyl groups excluding tert-OH is 1. The normalized spacial score (nSPS) is 27.6. The van der Waals surface area contributed by atoms with Gasteiger partial charge in [0.05, 0.1) is 11.8 Å². The summed E-state index contributed by atoms with van der Waals surface area (Å²) in [6.45, 7) is 2.11. The molecule has 1 aromatic heterocycles. The van der Waals surface area contributed by atoms with Crippen molar-refractivity contribution in [3.63, 3.8) is 0 Å². The van der Waals surface area contributed by atoms with Gasteiger partial charge in [0, 0.05) is 30.7 Å². The number of aliphatic hydroxyl groups is 1. The minimum absolute atomic E-state index is 0.0927. The molecule has 0 saturated heterocycles. The first-order valence-electron chi connectivity index (χ1n) is 5.95. The van der Waals surface area contributed by atoms with Gasteiger partial charge >= 0.3 is 0 Å². The Balaban J connectivity index is 1.86. The van der Waals surface area contributed by atoms with Crippen LogP contribution in [0.15, 0.2) is 18.6 Å². The van der Waals surface area contributed by atoms with Crippen LogP contribution in [0.4, 0.5) is 0 Å². The zero-order valence-corrected chi connectivity index (χ0v) is 9.63. The standard InChI is InChI=1S/C12H19N3O/c1-9(12-8-13-6-7-14-12)15-10-2-4-11(16)5-3-10/h6-11,15-16H,2-5H2,1H3/t9-,10?,11?/m0/s1. The highest BCUT2D eigenvalue weighted by atomic mass is 16.3. The van der Waals surface area contributed by atoms with E-state index in [-0.39, 0.29) is 12.1 Å². The minimum Gasteiger partial charge on any atom is -0.393 e. The van der Waals surface area contributed by atoms with E-state index in [1.807, 2.05) is 0 Å². The van der Waals surface area contributed by atoms with Gasteiger partial charge in [0.2, 0.25) is 0 Å². The molecule has 1 atom stereocenters. The van der Waals surface area contributed by atoms with E-state index in [2.05, 4.69) is 22.2 Å². The Kier molecular flexibility index (Phi) is 3.85. The summed E-state index contributed by atoms with van der Waals surface area (Å²) < 4.78 is 0. The summed E-state index contributed by atoms with van der Waals surface area (Å²) in [6.07, 6.45) is 9.03. The van der Waals surface area contributed by atoms with Crippen LogP contribution in [-0.4, -0.2) is 27.2 Å². The largest absolute Gasteiger partial charge is 0.393 e. The Morgan fingerprint density at radius 2 is 2.06 bits per heavy atom. The third kappa shape index (κ3) is 3.00. The van der Waals surface area contributed by atoms with Gasteiger partial charge in [0.15, 0.2) is 0 Å². The van der Waals surface area contributed by atoms with Crippen LogP contribution < -0.4 is 5.32 Å². The second-order valence-corrected chi connectivity index (χ2v) is 4.52. The smallest absolute Gasteiger partial charge is 0.0753 e. The molecule has 0 radical (unpaired) electrons. The molecular weight excluding hydrogens is 202 g/mol. The molecular formula is C12H19N3O. The number of hydrogen-bond donors (Lipinski definition) is 2. The molecule has 1 aromatic rings. The summed E-state index contributed by atoms with van der Waals surface area (Å²) in [7, 11) is 0. The van der Waals surface area contributed by atoms with Crippen molar-refractivity contribution in [2.75, 3.05) is 0 Å². The lowest BCUT2D eigenvalue weighted by Crippen LogP contribution is -2.36. The van der Waals surface area contributed by atoms with E-state index in [4.69, 9.17) is 0 Å². The molecule has 1 aliphatic rings. The molecule has 16 heavy (non-hydrogen) atoms. The first-order chi connectivity index (χ1) is 7.75. The number of aromatic nitrogens is 2. The van der Waals surface area contributed by atoms with Crippen molar-refractivity contribution in [3.05, 3.63) is 24.3 Å². The molecule has 0 amide bonds. The van der Waals surface area contributed by atoms with Crippen molar-refractivity contribution in [2.24, 2.45) is 0 Å². The van der Waals surface area contributed by atoms with Crippen LogP contribution in [0.25, 0.3) is 0 Å². The molecule has 0 aromatic carbocycles. The molecule has 0 aliphatic heterocycles. The molecule has 2 rings (SSSR count). The predicted molar refractivity (Wildman–Crippen MR) is 61.8 cm³/mol. The fraction of sp³-hybridized carbons (Fsp3) is 0.667. The maximum absolute atomic E-state index is 9.43. The van der Waals surface area contributed by atoms with Crippen LogP contribution in [0.1, 0.15) is 44.3 Å². The van der Waals surface area contributed by atoms with Gasteiger partial charge in [-0.15, -0.1) is 0 Å². The first kappa shape index (κ1) is 11.5. The maximum atomic E-state index is 9.43. The van der Waals surface area contributed by atoms with E-state index < -0.39 is 0 Å². The highest BCUT2D eigenvalue weighted by Crippen LogP contribution is 2.20. The van der Waals surface area contributed by atoms with Gasteiger partial charge in [-0.2, -0.15) is 0 Å². The van der Waals surface area contributed by atoms with Gasteiger partial charge in [0.1, 0.15) is 0 Å². The quantitative estimate of drug-likeness (QED) is 0.810. The Bertz CT molecular complexity index is 309. The average molecular weight is 221 g/mol. The molecule has 4 heteroatoms. The van der Waals surface area contributed by atoms with Crippen LogP contribution in [0, 0.1) is 0 Å². The number of nitrogens with zero attached hydrogens (tertiary/aromatic N) is 2. The highest BCUT2D eigenvalue weighted by Gasteiger charge is 2.21. The van der Waals surface area contributed by atoms with E-state index in [9.17, 15) is 5.11 Å². The van der Waals surface area contributed by atoms with Crippen molar-refractivity contribution < 1.29 is 5.11 Å². The number of hydrogen-bond acceptors (Lipinski definition) is 4. The van der Waals surface area contributed by atoms with Gasteiger partial charge in [-0.25, -0.2) is 0 Å². The molecule has 0 bridgehead atoms. The first-order valence-corrected chi connectivity index (χ1v) is 5.95. The molecule has 0 unspecified atom stereocenters. The predicted octanol–water partition coefficient (Wildman–Crippen LogP) is 1.43. The summed E-state index contributed by atoms with van der Waals surface area (Å²) in [5, 5.41) is 13.0. The zero-order valence-electron chi connectivity index (χ0n) is 9.63. The zero-order chi connectivity index (χ0) is 11.4. The fourth-order valence-electron chi connectivity index (χ4n) is 2.22. The minimum atomic E-state index is -0.0927. The lowest BCUT2D eigenvalue weighted by Gasteiger charge is -2.28. The van der Waals surface area contributed by atoms with Crippen LogP contribution in [0.3, 0.4) is 0 Å². The van der Waals surface area contributed by atoms with Crippen molar-refractivity contribution >= 4 is 0 Å². The van der Waals surface area contributed by atoms with Crippen molar-refractivity contribution in [2.45, 2.75) is 50.8 Å². The second-order valence-electron chi connectivity index (χ2n) is 4.52. The SMILES string of the molecule is C[C@H](NC1CCC(O)CC1)c1cnccn1. The topological polar surface area (TPSA) is 58.0 Å². The Morgan fingerprint density at radius 3 is 2.69 bits per heavy atom. The van der Waals surface area contributed by atoms with E-state index in [0.29, 0.717) is 6.04 Å². The Labute approximate surface area is 96.1 Å². The van der Waals surface area contributed by atoms with Gasteiger partial charge in [-0.3, -0.25) is 9.97 Å². The van der Waals surface area contributed by atoms with Crippen molar-refractivity contribution in [1.29, 1.82) is 0 Å². The molecule has 1 heterocycles. The lowest BCUT2D eigenvalue weighted by molar-refractivity contribution is 0.114. The average Bonchev–Trinajstić information content (AvgIpc) is 2.33. The maximum Gasteiger partial charge on any atom is 0.0753 e. The van der Waals surface area contributed by atoms with E-state index in [1.54, 1.807) is 18.6 Å². The van der Waals surface area contributed by atoms with Crippen LogP contribution >= 0.6 is 0 Å². The van der Waals surface area contributed by atoms with E-state index in [0.717, 1.165) is 31.4 Å². The van der Waals surface area contributed by atoms with Crippen LogP contribution in [-0.2, 0) is 0 Å². The summed E-state index contributed by atoms with van der Waals surface area (Å²) >= 11 is 0. The second kappa shape index (κ2) is 5.37. The Hall–Kier alpha value is -1.00. The third-order valence-corrected chi connectivity index (χ3v) is 3.21. The summed E-state index contributed by atoms with van der Waals surface area (Å²) in [5.74, 6) is 0. The van der Waals surface area contributed by atoms with E-state index in [1.165, 1.54) is 0 Å². The number of rotatable bonds is 3. The summed E-state index contributed by atoms with van der Waals surface area (Å²) in [6, 6.07) is 0.731. The lowest BCUT2D eigenvalue weighted by atomic mass is 9.92. The van der Waals surface area contributed by atoms with E-state index >= 15 is 0 Å². The summed E-state index contributed by atoms with van der Waals surface area (Å²) in [4.78, 5) is 8.35. The van der Waals surface area contributed by atoms with Crippen LogP contribution in [0.2, 0.25) is 0 Å². The fourth-order valence-corrected chi connectivity index (χ4v) is 2.22. The van der Waals surface area contributed by atoms with Crippen LogP contribution in [0.5, 0.6) is 0 Å². The molecule has 1 fully saturated rings.